The number of likely N-dealkylation sites (tertiary alicyclic amines) is 1. The Hall–Kier alpha value is -4.69. The van der Waals surface area contributed by atoms with Gasteiger partial charge in [-0.2, -0.15) is 10.2 Å². The van der Waals surface area contributed by atoms with Crippen LogP contribution in [0.1, 0.15) is 98.9 Å². The number of aromatic nitrogens is 4. The van der Waals surface area contributed by atoms with Crippen LogP contribution in [0.5, 0.6) is 5.88 Å². The molecule has 7 rings (SSSR count). The Kier molecular flexibility index (Phi) is 8.46. The number of pyridine rings is 1. The zero-order valence-electron chi connectivity index (χ0n) is 28.4. The Labute approximate surface area is 282 Å². The lowest BCUT2D eigenvalue weighted by Gasteiger charge is -2.41. The molecule has 4 atom stereocenters. The fourth-order valence-corrected chi connectivity index (χ4v) is 8.60. The van der Waals surface area contributed by atoms with Crippen molar-refractivity contribution in [3.63, 3.8) is 0 Å². The summed E-state index contributed by atoms with van der Waals surface area (Å²) >= 11 is 0. The van der Waals surface area contributed by atoms with Gasteiger partial charge in [-0.05, 0) is 109 Å². The summed E-state index contributed by atoms with van der Waals surface area (Å²) in [5.41, 5.74) is 18.0. The Morgan fingerprint density at radius 1 is 1.15 bits per heavy atom. The van der Waals surface area contributed by atoms with E-state index < -0.39 is 5.41 Å². The topological polar surface area (TPSA) is 156 Å². The number of likely N-dealkylation sites (N-methyl/N-ethyl adjacent to an activating group) is 1. The van der Waals surface area contributed by atoms with Crippen LogP contribution in [-0.2, 0) is 18.3 Å². The highest BCUT2D eigenvalue weighted by Gasteiger charge is 2.48. The van der Waals surface area contributed by atoms with Crippen molar-refractivity contribution < 1.29 is 9.26 Å². The van der Waals surface area contributed by atoms with Crippen molar-refractivity contribution in [1.29, 1.82) is 5.26 Å². The van der Waals surface area contributed by atoms with Gasteiger partial charge < -0.3 is 25.6 Å². The third kappa shape index (κ3) is 5.32. The molecule has 1 aromatic carbocycles. The van der Waals surface area contributed by atoms with Gasteiger partial charge in [0.15, 0.2) is 17.3 Å². The van der Waals surface area contributed by atoms with E-state index >= 15 is 0 Å². The first-order valence-corrected chi connectivity index (χ1v) is 17.3. The van der Waals surface area contributed by atoms with Gasteiger partial charge in [-0.3, -0.25) is 4.90 Å². The zero-order chi connectivity index (χ0) is 33.6. The number of hydrogen-bond donors (Lipinski definition) is 2. The molecule has 4 N–H and O–H groups in total. The van der Waals surface area contributed by atoms with Crippen LogP contribution in [0, 0.1) is 11.3 Å². The van der Waals surface area contributed by atoms with Crippen LogP contribution < -0.4 is 21.1 Å². The fourth-order valence-electron chi connectivity index (χ4n) is 8.60. The highest BCUT2D eigenvalue weighted by molar-refractivity contribution is 5.68. The largest absolute Gasteiger partial charge is 0.473 e. The van der Waals surface area contributed by atoms with Gasteiger partial charge in [0.05, 0.1) is 17.0 Å². The van der Waals surface area contributed by atoms with Crippen LogP contribution in [0.3, 0.4) is 0 Å². The van der Waals surface area contributed by atoms with Gasteiger partial charge in [0, 0.05) is 41.7 Å². The van der Waals surface area contributed by atoms with Gasteiger partial charge in [-0.15, -0.1) is 0 Å². The third-order valence-electron chi connectivity index (χ3n) is 11.0. The molecule has 0 saturated carbocycles. The van der Waals surface area contributed by atoms with E-state index in [1.54, 1.807) is 6.20 Å². The molecule has 1 aliphatic heterocycles. The maximum absolute atomic E-state index is 10.2. The molecule has 1 spiro atoms. The molecule has 0 bridgehead atoms. The van der Waals surface area contributed by atoms with Crippen molar-refractivity contribution in [2.45, 2.75) is 95.7 Å². The number of nitrogen functional groups attached to an aromatic ring is 2. The number of benzene rings is 1. The van der Waals surface area contributed by atoms with Crippen LogP contribution in [0.25, 0.3) is 11.5 Å². The Bertz CT molecular complexity index is 1860. The van der Waals surface area contributed by atoms with Crippen molar-refractivity contribution in [3.05, 3.63) is 70.1 Å². The van der Waals surface area contributed by atoms with E-state index in [2.05, 4.69) is 54.7 Å². The zero-order valence-corrected chi connectivity index (χ0v) is 28.4. The molecule has 4 unspecified atom stereocenters. The van der Waals surface area contributed by atoms with Gasteiger partial charge in [-0.1, -0.05) is 17.3 Å². The maximum Gasteiger partial charge on any atom is 0.219 e. The van der Waals surface area contributed by atoms with Crippen molar-refractivity contribution in [2.24, 2.45) is 0 Å². The van der Waals surface area contributed by atoms with E-state index in [-0.39, 0.29) is 12.1 Å². The first kappa shape index (κ1) is 31.9. The number of anilines is 3. The average Bonchev–Trinajstić information content (AvgIpc) is 3.73. The summed E-state index contributed by atoms with van der Waals surface area (Å²) in [7, 11) is 2.15. The van der Waals surface area contributed by atoms with Crippen molar-refractivity contribution >= 4 is 17.3 Å². The number of rotatable bonds is 8. The molecule has 3 aromatic heterocycles. The van der Waals surface area contributed by atoms with Gasteiger partial charge in [0.2, 0.25) is 5.88 Å². The van der Waals surface area contributed by atoms with E-state index in [0.717, 1.165) is 80.4 Å². The Morgan fingerprint density at radius 2 is 1.96 bits per heavy atom. The predicted molar refractivity (Wildman–Crippen MR) is 186 cm³/mol. The van der Waals surface area contributed by atoms with E-state index in [9.17, 15) is 5.26 Å². The molecule has 3 aliphatic rings. The van der Waals surface area contributed by atoms with E-state index in [1.165, 1.54) is 5.56 Å². The molecule has 11 nitrogen and oxygen atoms in total. The monoisotopic (exact) mass is 647 g/mol. The third-order valence-corrected chi connectivity index (χ3v) is 11.0. The number of nitrogens with two attached hydrogens (primary N) is 2. The Morgan fingerprint density at radius 3 is 2.69 bits per heavy atom. The molecule has 0 radical (unpaired) electrons. The second-order valence-corrected chi connectivity index (χ2v) is 13.6. The van der Waals surface area contributed by atoms with Crippen molar-refractivity contribution in [1.82, 2.24) is 25.0 Å². The van der Waals surface area contributed by atoms with Crippen LogP contribution in [-0.4, -0.2) is 57.3 Å². The Balaban J connectivity index is 1.35. The summed E-state index contributed by atoms with van der Waals surface area (Å²) in [5.74, 6) is 2.98. The average molecular weight is 648 g/mol. The number of fused-ring (bicyclic) bond motifs is 4. The molecule has 48 heavy (non-hydrogen) atoms. The highest BCUT2D eigenvalue weighted by Crippen LogP contribution is 2.53. The second-order valence-electron chi connectivity index (χ2n) is 13.6. The minimum atomic E-state index is -0.465. The standard InChI is InChI=1S/C37H45N9O2/c1-5-46(22(2)25-12-8-18-41-35(25)40)30-20-31(47-23(3)29-13-9-19-45(29)4)43-36(42-30)33-26-11-7-17-37(34(26)48-44-33)16-6-10-24-14-15-28(39)27(21-38)32(24)37/h8,12,14-15,18,20,22-23,29H,5-7,9-11,13,16-17,19,39H2,1-4H3,(H2,40,41). The molecular formula is C37H45N9O2. The van der Waals surface area contributed by atoms with Crippen LogP contribution in [0.4, 0.5) is 17.3 Å². The summed E-state index contributed by atoms with van der Waals surface area (Å²) in [6.45, 7) is 8.05. The van der Waals surface area contributed by atoms with E-state index in [0.29, 0.717) is 52.9 Å². The lowest BCUT2D eigenvalue weighted by molar-refractivity contribution is 0.117. The van der Waals surface area contributed by atoms with Crippen molar-refractivity contribution in [2.75, 3.05) is 36.5 Å². The summed E-state index contributed by atoms with van der Waals surface area (Å²) < 4.78 is 13.0. The van der Waals surface area contributed by atoms with Crippen LogP contribution in [0.2, 0.25) is 0 Å². The fraction of sp³-hybridized carbons (Fsp3) is 0.486. The number of nitriles is 1. The molecule has 4 aromatic rings. The highest BCUT2D eigenvalue weighted by atomic mass is 16.5. The SMILES string of the molecule is CCN(c1cc(OC(C)C2CCCN2C)nc(-c2noc3c2CCCC32CCCc3ccc(N)c(C#N)c32)n1)C(C)c1cccnc1N. The normalized spacial score (nSPS) is 21.7. The molecule has 4 heterocycles. The summed E-state index contributed by atoms with van der Waals surface area (Å²) in [6.07, 6.45) is 9.22. The molecule has 250 valence electrons. The molecule has 1 fully saturated rings. The van der Waals surface area contributed by atoms with Crippen LogP contribution in [0.15, 0.2) is 41.1 Å². The van der Waals surface area contributed by atoms with E-state index in [4.69, 9.17) is 35.9 Å². The summed E-state index contributed by atoms with van der Waals surface area (Å²) in [5, 5.41) is 14.9. The first-order valence-electron chi connectivity index (χ1n) is 17.3. The molecule has 11 heteroatoms. The molecule has 2 aliphatic carbocycles. The number of ether oxygens (including phenoxy) is 1. The minimum absolute atomic E-state index is 0.0716. The van der Waals surface area contributed by atoms with Gasteiger partial charge >= 0.3 is 0 Å². The molecule has 1 saturated heterocycles. The lowest BCUT2D eigenvalue weighted by atomic mass is 9.61. The van der Waals surface area contributed by atoms with Gasteiger partial charge in [0.1, 0.15) is 23.8 Å². The van der Waals surface area contributed by atoms with Gasteiger partial charge in [0.25, 0.3) is 0 Å². The molecule has 0 amide bonds. The lowest BCUT2D eigenvalue weighted by Crippen LogP contribution is -2.38. The predicted octanol–water partition coefficient (Wildman–Crippen LogP) is 5.97. The second kappa shape index (κ2) is 12.7. The number of nitrogens with zero attached hydrogens (tertiary/aromatic N) is 7. The van der Waals surface area contributed by atoms with Crippen molar-refractivity contribution in [3.8, 4) is 23.5 Å². The quantitative estimate of drug-likeness (QED) is 0.217. The summed E-state index contributed by atoms with van der Waals surface area (Å²) in [4.78, 5) is 19.0. The molecular weight excluding hydrogens is 602 g/mol. The van der Waals surface area contributed by atoms with Crippen LogP contribution >= 0.6 is 0 Å². The summed E-state index contributed by atoms with van der Waals surface area (Å²) in [6, 6.07) is 12.4. The first-order chi connectivity index (χ1) is 23.3. The maximum atomic E-state index is 10.2. The van der Waals surface area contributed by atoms with E-state index in [1.807, 2.05) is 24.3 Å². The van der Waals surface area contributed by atoms with Gasteiger partial charge in [-0.25, -0.2) is 9.97 Å². The number of hydrogen-bond acceptors (Lipinski definition) is 11. The smallest absolute Gasteiger partial charge is 0.219 e. The number of aryl methyl sites for hydroxylation is 1. The minimum Gasteiger partial charge on any atom is -0.473 e.